The number of aromatic nitrogens is 6. The lowest BCUT2D eigenvalue weighted by Crippen LogP contribution is -2.28. The van der Waals surface area contributed by atoms with E-state index >= 15 is 0 Å². The van der Waals surface area contributed by atoms with Crippen LogP contribution in [0, 0.1) is 5.92 Å². The molecule has 1 aliphatic heterocycles. The van der Waals surface area contributed by atoms with E-state index in [2.05, 4.69) is 68.4 Å². The molecule has 29 heteroatoms. The van der Waals surface area contributed by atoms with Crippen LogP contribution in [0.15, 0.2) is 279 Å². The molecule has 6 heterocycles. The van der Waals surface area contributed by atoms with Crippen molar-refractivity contribution in [1.82, 2.24) is 34.8 Å². The van der Waals surface area contributed by atoms with Gasteiger partial charge in [0, 0.05) is 105 Å². The van der Waals surface area contributed by atoms with E-state index in [-0.39, 0.29) is 43.6 Å². The summed E-state index contributed by atoms with van der Waals surface area (Å²) in [4.78, 5) is 71.4. The maximum Gasteiger partial charge on any atom is 0.257 e. The van der Waals surface area contributed by atoms with Gasteiger partial charge >= 0.3 is 0 Å². The summed E-state index contributed by atoms with van der Waals surface area (Å²) in [6, 6.07) is 66.1. The molecule has 8 aromatic carbocycles. The summed E-state index contributed by atoms with van der Waals surface area (Å²) in [5.41, 5.74) is 12.1. The van der Waals surface area contributed by atoms with Crippen LogP contribution in [-0.2, 0) is 26.5 Å². The first-order chi connectivity index (χ1) is 53.4. The number of halogens is 6. The van der Waals surface area contributed by atoms with Crippen LogP contribution in [0.4, 0.5) is 28.4 Å². The highest BCUT2D eigenvalue weighted by atomic mass is 35.5. The number of hydrogen-bond acceptors (Lipinski definition) is 14. The van der Waals surface area contributed by atoms with Crippen molar-refractivity contribution in [2.24, 2.45) is 11.1 Å². The van der Waals surface area contributed by atoms with Gasteiger partial charge in [-0.2, -0.15) is 0 Å². The summed E-state index contributed by atoms with van der Waals surface area (Å²) in [6.07, 6.45) is 16.5. The van der Waals surface area contributed by atoms with Gasteiger partial charge in [0.05, 0.1) is 81.5 Å². The minimum atomic E-state index is -3.91. The molecule has 0 spiro atoms. The van der Waals surface area contributed by atoms with Gasteiger partial charge in [0.15, 0.2) is 0 Å². The van der Waals surface area contributed by atoms with Crippen LogP contribution in [-0.4, -0.2) is 89.3 Å². The topological polar surface area (TPSA) is 304 Å². The molecule has 1 aliphatic rings. The number of hydrogen-bond donors (Lipinski definition) is 7. The highest BCUT2D eigenvalue weighted by Crippen LogP contribution is 2.35. The summed E-state index contributed by atoms with van der Waals surface area (Å²) < 4.78 is 49.5. The van der Waals surface area contributed by atoms with Gasteiger partial charge in [0.2, 0.25) is 20.0 Å². The van der Waals surface area contributed by atoms with Gasteiger partial charge in [-0.05, 0) is 238 Å². The normalized spacial score (nSPS) is 11.9. The fourth-order valence-electron chi connectivity index (χ4n) is 11.3. The van der Waals surface area contributed by atoms with Crippen LogP contribution < -0.4 is 36.4 Å². The van der Waals surface area contributed by atoms with Crippen molar-refractivity contribution in [3.8, 4) is 50.7 Å². The van der Waals surface area contributed by atoms with Gasteiger partial charge < -0.3 is 31.2 Å². The predicted molar refractivity (Wildman–Crippen MR) is 443 cm³/mol. The number of sulfonamides is 2. The largest absolute Gasteiger partial charge is 0.322 e. The Labute approximate surface area is 670 Å². The van der Waals surface area contributed by atoms with Crippen LogP contribution in [0.25, 0.3) is 50.7 Å². The van der Waals surface area contributed by atoms with Crippen molar-refractivity contribution in [2.75, 3.05) is 45.3 Å². The van der Waals surface area contributed by atoms with Crippen LogP contribution in [0.1, 0.15) is 59.8 Å². The molecule has 0 saturated carbocycles. The number of nitrogens with zero attached hydrogens (tertiary/aromatic N) is 6. The SMILES string of the molecule is CS(=O)(=O)Nc1ccc(C(=O)Nc2ccc(Cl)c(-c3ccccn3)c2)c(Cl)c1.NS(=O)(=O)c1ccc(C(=O)Nc2ccc(Cl)c(-c3ccccn3)c2)c(Cl)c1.O=C(Nc1ccc(Cl)c(-c2ccccn2)c1)c1ccc(-n2ccnc2)cc1.O=C(Nc1ccc(Cl)c(-c2ccccn2)c1)c1ccc(CC2CCNCC2)cc1. The lowest BCUT2D eigenvalue weighted by Gasteiger charge is -2.22. The van der Waals surface area contributed by atoms with Crippen LogP contribution in [0.2, 0.25) is 30.1 Å². The number of primary sulfonamides is 1. The molecule has 111 heavy (non-hydrogen) atoms. The Morgan fingerprint density at radius 1 is 0.432 bits per heavy atom. The Hall–Kier alpha value is -11.2. The highest BCUT2D eigenvalue weighted by molar-refractivity contribution is 7.92. The van der Waals surface area contributed by atoms with E-state index < -0.39 is 31.9 Å². The quantitative estimate of drug-likeness (QED) is 0.0420. The van der Waals surface area contributed by atoms with Gasteiger partial charge in [-0.1, -0.05) is 106 Å². The highest BCUT2D eigenvalue weighted by Gasteiger charge is 2.20. The summed E-state index contributed by atoms with van der Waals surface area (Å²) in [5, 5.41) is 22.0. The number of rotatable bonds is 18. The van der Waals surface area contributed by atoms with E-state index in [0.29, 0.717) is 76.5 Å². The molecule has 8 N–H and O–H groups in total. The minimum absolute atomic E-state index is 0.0297. The zero-order chi connectivity index (χ0) is 78.6. The summed E-state index contributed by atoms with van der Waals surface area (Å²) in [6.45, 7) is 2.21. The minimum Gasteiger partial charge on any atom is -0.322 e. The summed E-state index contributed by atoms with van der Waals surface area (Å²) >= 11 is 37.3. The molecule has 562 valence electrons. The Bertz CT molecular complexity index is 5690. The molecule has 0 radical (unpaired) electrons. The fraction of sp³-hybridized carbons (Fsp3) is 0.0854. The van der Waals surface area contributed by atoms with Crippen molar-refractivity contribution >= 4 is 142 Å². The molecule has 0 unspecified atom stereocenters. The maximum atomic E-state index is 12.7. The van der Waals surface area contributed by atoms with E-state index in [9.17, 15) is 36.0 Å². The van der Waals surface area contributed by atoms with Crippen molar-refractivity contribution < 1.29 is 36.0 Å². The molecule has 0 bridgehead atoms. The third-order valence-corrected chi connectivity index (χ3v) is 20.3. The Morgan fingerprint density at radius 2 is 0.811 bits per heavy atom. The third kappa shape index (κ3) is 23.0. The first-order valence-electron chi connectivity index (χ1n) is 33.9. The van der Waals surface area contributed by atoms with Gasteiger partial charge in [-0.25, -0.2) is 27.0 Å². The van der Waals surface area contributed by atoms with Crippen molar-refractivity contribution in [3.05, 3.63) is 332 Å². The summed E-state index contributed by atoms with van der Waals surface area (Å²) in [5.74, 6) is -0.537. The average Bonchev–Trinajstić information content (AvgIpc) is 1.32. The molecule has 13 aromatic rings. The second-order valence-corrected chi connectivity index (χ2v) is 30.6. The zero-order valence-corrected chi connectivity index (χ0v) is 64.9. The van der Waals surface area contributed by atoms with E-state index in [1.165, 1.54) is 48.7 Å². The zero-order valence-electron chi connectivity index (χ0n) is 58.7. The lowest BCUT2D eigenvalue weighted by molar-refractivity contribution is 0.101. The molecule has 4 amide bonds. The number of benzene rings is 8. The van der Waals surface area contributed by atoms with E-state index in [4.69, 9.17) is 74.7 Å². The molecule has 5 aromatic heterocycles. The Kier molecular flexibility index (Phi) is 27.6. The molecule has 21 nitrogen and oxygen atoms in total. The number of piperidine rings is 1. The van der Waals surface area contributed by atoms with Crippen LogP contribution >= 0.6 is 69.6 Å². The van der Waals surface area contributed by atoms with E-state index in [1.807, 2.05) is 102 Å². The summed E-state index contributed by atoms with van der Waals surface area (Å²) in [7, 11) is -7.34. The number of imidazole rings is 1. The number of amides is 4. The molecule has 1 fully saturated rings. The molecule has 1 saturated heterocycles. The number of pyridine rings is 4. The second-order valence-electron chi connectivity index (χ2n) is 24.8. The monoisotopic (exact) mass is 1640 g/mol. The first kappa shape index (κ1) is 80.8. The Morgan fingerprint density at radius 3 is 1.16 bits per heavy atom. The van der Waals surface area contributed by atoms with Gasteiger partial charge in [-0.15, -0.1) is 0 Å². The second kappa shape index (κ2) is 38.0. The number of nitrogens with one attached hydrogen (secondary N) is 6. The molecule has 0 atom stereocenters. The number of carbonyl (C=O) groups excluding carboxylic acids is 4. The first-order valence-corrected chi connectivity index (χ1v) is 39.7. The number of nitrogens with two attached hydrogens (primary N) is 1. The number of anilines is 5. The van der Waals surface area contributed by atoms with Gasteiger partial charge in [0.1, 0.15) is 0 Å². The maximum absolute atomic E-state index is 12.7. The fourth-order valence-corrected chi connectivity index (χ4v) is 13.9. The predicted octanol–water partition coefficient (Wildman–Crippen LogP) is 18.7. The van der Waals surface area contributed by atoms with Gasteiger partial charge in [-0.3, -0.25) is 43.8 Å². The smallest absolute Gasteiger partial charge is 0.257 e. The lowest BCUT2D eigenvalue weighted by atomic mass is 9.91. The van der Waals surface area contributed by atoms with Crippen molar-refractivity contribution in [2.45, 2.75) is 24.2 Å². The van der Waals surface area contributed by atoms with Crippen molar-refractivity contribution in [1.29, 1.82) is 0 Å². The molecular formula is C82H67Cl6N13O8S2. The van der Waals surface area contributed by atoms with Gasteiger partial charge in [0.25, 0.3) is 23.6 Å². The number of carbonyl (C=O) groups is 4. The average molecular weight is 1640 g/mol. The van der Waals surface area contributed by atoms with Crippen molar-refractivity contribution in [3.63, 3.8) is 0 Å². The van der Waals surface area contributed by atoms with Crippen LogP contribution in [0.5, 0.6) is 0 Å². The molecule has 14 rings (SSSR count). The van der Waals surface area contributed by atoms with Crippen LogP contribution in [0.3, 0.4) is 0 Å². The van der Waals surface area contributed by atoms with E-state index in [1.54, 1.807) is 128 Å². The standard InChI is InChI=1S/C24H24ClN3O.C21H15ClN4O.C19H15Cl2N3O3S.C18H13Cl2N3O3S/c25-22-9-8-20(16-21(22)23-3-1-2-12-27-23)28-24(29)19-6-4-17(5-7-19)15-18-10-13-26-14-11-18;22-19-9-6-16(13-18(19)20-3-1-2-10-24-20)25-21(27)15-4-7-17(8-5-15)26-12-11-23-14-26;1-28(26,27)24-13-5-7-14(17(21)11-13)19(25)23-12-6-8-16(20)15(10-12)18-4-2-3-9-22-18;19-15-7-4-11(9-14(15)17-3-1-2-8-22-17)23-18(24)13-6-5-12(10-16(13)20)27(21,25)26/h1-9,12,16,18,26H,10-11,13-15H2,(H,28,29);1-14H,(H,25,27);2-11,24H,1H3,(H,23,25);1-10H,(H,23,24)(H2,21,25,26). The molecular weight excluding hydrogens is 1570 g/mol. The third-order valence-electron chi connectivity index (χ3n) is 16.8. The Balaban J connectivity index is 0.000000147. The molecule has 0 aliphatic carbocycles. The van der Waals surface area contributed by atoms with E-state index in [0.717, 1.165) is 66.0 Å².